The molecule has 1 aromatic carbocycles. The van der Waals surface area contributed by atoms with Crippen molar-refractivity contribution in [1.82, 2.24) is 15.1 Å². The van der Waals surface area contributed by atoms with E-state index in [0.717, 1.165) is 16.3 Å². The zero-order chi connectivity index (χ0) is 16.6. The SMILES string of the molecule is CCc1nnc(NC(=O)[C@H](C)N2C(=O)c3ccccc3C2=O)s1. The standard InChI is InChI=1S/C15H14N4O3S/c1-3-11-17-18-15(23-11)16-12(20)8(2)19-13(21)9-6-4-5-7-10(9)14(19)22/h4-8H,3H2,1-2H3,(H,16,18,20)/t8-/m0/s1. The third-order valence-corrected chi connectivity index (χ3v) is 4.57. The molecule has 0 saturated carbocycles. The van der Waals surface area contributed by atoms with Crippen LogP contribution in [0.1, 0.15) is 39.6 Å². The van der Waals surface area contributed by atoms with Crippen molar-refractivity contribution < 1.29 is 14.4 Å². The van der Waals surface area contributed by atoms with E-state index in [1.807, 2.05) is 6.92 Å². The van der Waals surface area contributed by atoms with E-state index in [4.69, 9.17) is 0 Å². The van der Waals surface area contributed by atoms with Gasteiger partial charge in [-0.25, -0.2) is 0 Å². The highest BCUT2D eigenvalue weighted by atomic mass is 32.1. The number of aromatic nitrogens is 2. The molecule has 1 aliphatic heterocycles. The Labute approximate surface area is 136 Å². The molecule has 1 atom stereocenters. The first-order valence-corrected chi connectivity index (χ1v) is 7.94. The van der Waals surface area contributed by atoms with Gasteiger partial charge >= 0.3 is 0 Å². The van der Waals surface area contributed by atoms with Gasteiger partial charge in [-0.05, 0) is 25.5 Å². The van der Waals surface area contributed by atoms with Gasteiger partial charge in [0, 0.05) is 0 Å². The molecule has 3 rings (SSSR count). The van der Waals surface area contributed by atoms with Crippen molar-refractivity contribution in [1.29, 1.82) is 0 Å². The molecule has 3 amide bonds. The molecule has 0 aliphatic carbocycles. The van der Waals surface area contributed by atoms with Crippen molar-refractivity contribution >= 4 is 34.2 Å². The number of nitrogens with zero attached hydrogens (tertiary/aromatic N) is 3. The number of nitrogens with one attached hydrogen (secondary N) is 1. The Balaban J connectivity index is 1.78. The largest absolute Gasteiger partial charge is 0.299 e. The molecule has 23 heavy (non-hydrogen) atoms. The van der Waals surface area contributed by atoms with Crippen LogP contribution in [0.3, 0.4) is 0 Å². The highest BCUT2D eigenvalue weighted by Gasteiger charge is 2.40. The van der Waals surface area contributed by atoms with Crippen LogP contribution in [-0.4, -0.2) is 38.9 Å². The van der Waals surface area contributed by atoms with Crippen LogP contribution < -0.4 is 5.32 Å². The van der Waals surface area contributed by atoms with E-state index >= 15 is 0 Å². The van der Waals surface area contributed by atoms with Crippen LogP contribution in [0.4, 0.5) is 5.13 Å². The number of carbonyl (C=O) groups excluding carboxylic acids is 3. The topological polar surface area (TPSA) is 92.3 Å². The normalized spacial score (nSPS) is 14.8. The lowest BCUT2D eigenvalue weighted by atomic mass is 10.1. The first-order chi connectivity index (χ1) is 11.0. The van der Waals surface area contributed by atoms with Gasteiger partial charge in [-0.2, -0.15) is 0 Å². The maximum Gasteiger partial charge on any atom is 0.262 e. The van der Waals surface area contributed by atoms with Crippen molar-refractivity contribution in [3.05, 3.63) is 40.4 Å². The fourth-order valence-corrected chi connectivity index (χ4v) is 3.02. The summed E-state index contributed by atoms with van der Waals surface area (Å²) >= 11 is 1.27. The molecule has 1 aliphatic rings. The summed E-state index contributed by atoms with van der Waals surface area (Å²) in [5.74, 6) is -1.39. The van der Waals surface area contributed by atoms with Crippen molar-refractivity contribution in [2.45, 2.75) is 26.3 Å². The molecule has 1 N–H and O–H groups in total. The van der Waals surface area contributed by atoms with E-state index in [9.17, 15) is 14.4 Å². The number of aryl methyl sites for hydroxylation is 1. The molecule has 0 bridgehead atoms. The lowest BCUT2D eigenvalue weighted by Crippen LogP contribution is -2.45. The Bertz CT molecular complexity index is 767. The van der Waals surface area contributed by atoms with Gasteiger partial charge < -0.3 is 0 Å². The summed E-state index contributed by atoms with van der Waals surface area (Å²) in [6, 6.07) is 5.60. The Morgan fingerprint density at radius 3 is 2.35 bits per heavy atom. The number of benzene rings is 1. The predicted octanol–water partition coefficient (Wildman–Crippen LogP) is 1.72. The van der Waals surface area contributed by atoms with Crippen molar-refractivity contribution in [2.24, 2.45) is 0 Å². The van der Waals surface area contributed by atoms with Gasteiger partial charge in [0.05, 0.1) is 11.1 Å². The Morgan fingerprint density at radius 2 is 1.83 bits per heavy atom. The minimum Gasteiger partial charge on any atom is -0.299 e. The Kier molecular flexibility index (Phi) is 3.91. The Hall–Kier alpha value is -2.61. The van der Waals surface area contributed by atoms with Crippen molar-refractivity contribution in [3.63, 3.8) is 0 Å². The first kappa shape index (κ1) is 15.3. The van der Waals surface area contributed by atoms with Crippen LogP contribution in [-0.2, 0) is 11.2 Å². The monoisotopic (exact) mass is 330 g/mol. The second kappa shape index (κ2) is 5.88. The molecule has 0 unspecified atom stereocenters. The quantitative estimate of drug-likeness (QED) is 0.862. The van der Waals surface area contributed by atoms with Gasteiger partial charge in [0.15, 0.2) is 0 Å². The number of hydrogen-bond acceptors (Lipinski definition) is 6. The lowest BCUT2D eigenvalue weighted by Gasteiger charge is -2.20. The van der Waals surface area contributed by atoms with E-state index < -0.39 is 23.8 Å². The van der Waals surface area contributed by atoms with E-state index in [-0.39, 0.29) is 0 Å². The number of rotatable bonds is 4. The molecule has 2 aromatic rings. The number of fused-ring (bicyclic) bond motifs is 1. The number of hydrogen-bond donors (Lipinski definition) is 1. The van der Waals surface area contributed by atoms with Gasteiger partial charge in [-0.15, -0.1) is 10.2 Å². The van der Waals surface area contributed by atoms with Crippen LogP contribution in [0, 0.1) is 0 Å². The number of amides is 3. The van der Waals surface area contributed by atoms with Crippen LogP contribution in [0.2, 0.25) is 0 Å². The second-order valence-corrected chi connectivity index (χ2v) is 6.11. The fourth-order valence-electron chi connectivity index (χ4n) is 2.33. The molecule has 8 heteroatoms. The third-order valence-electron chi connectivity index (χ3n) is 3.59. The number of imide groups is 1. The fraction of sp³-hybridized carbons (Fsp3) is 0.267. The zero-order valence-corrected chi connectivity index (χ0v) is 13.4. The molecule has 118 valence electrons. The van der Waals surface area contributed by atoms with Crippen LogP contribution in [0.25, 0.3) is 0 Å². The molecule has 0 saturated heterocycles. The lowest BCUT2D eigenvalue weighted by molar-refractivity contribution is -0.119. The summed E-state index contributed by atoms with van der Waals surface area (Å²) < 4.78 is 0. The van der Waals surface area contributed by atoms with Gasteiger partial charge in [0.1, 0.15) is 11.0 Å². The molecule has 0 fully saturated rings. The van der Waals surface area contributed by atoms with Crippen LogP contribution in [0.5, 0.6) is 0 Å². The molecule has 0 radical (unpaired) electrons. The van der Waals surface area contributed by atoms with E-state index in [2.05, 4.69) is 15.5 Å². The third kappa shape index (κ3) is 2.61. The highest BCUT2D eigenvalue weighted by molar-refractivity contribution is 7.15. The number of carbonyl (C=O) groups is 3. The molecule has 0 spiro atoms. The highest BCUT2D eigenvalue weighted by Crippen LogP contribution is 2.25. The molecular formula is C15H14N4O3S. The maximum atomic E-state index is 12.4. The average molecular weight is 330 g/mol. The summed E-state index contributed by atoms with van der Waals surface area (Å²) in [5, 5.41) is 11.5. The van der Waals surface area contributed by atoms with Crippen LogP contribution >= 0.6 is 11.3 Å². The van der Waals surface area contributed by atoms with E-state index in [1.54, 1.807) is 24.3 Å². The minimum atomic E-state index is -0.934. The molecular weight excluding hydrogens is 316 g/mol. The van der Waals surface area contributed by atoms with Gasteiger partial charge in [-0.3, -0.25) is 24.6 Å². The van der Waals surface area contributed by atoms with E-state index in [1.165, 1.54) is 18.3 Å². The molecule has 7 nitrogen and oxygen atoms in total. The summed E-state index contributed by atoms with van der Waals surface area (Å²) in [6.45, 7) is 3.45. The molecule has 2 heterocycles. The summed E-state index contributed by atoms with van der Waals surface area (Å²) in [6.07, 6.45) is 0.724. The van der Waals surface area contributed by atoms with E-state index in [0.29, 0.717) is 16.3 Å². The molecule has 1 aromatic heterocycles. The van der Waals surface area contributed by atoms with Gasteiger partial charge in [0.2, 0.25) is 11.0 Å². The van der Waals surface area contributed by atoms with Gasteiger partial charge in [-0.1, -0.05) is 30.4 Å². The van der Waals surface area contributed by atoms with Crippen molar-refractivity contribution in [2.75, 3.05) is 5.32 Å². The summed E-state index contributed by atoms with van der Waals surface area (Å²) in [5.41, 5.74) is 0.641. The van der Waals surface area contributed by atoms with Gasteiger partial charge in [0.25, 0.3) is 11.8 Å². The van der Waals surface area contributed by atoms with Crippen molar-refractivity contribution in [3.8, 4) is 0 Å². The first-order valence-electron chi connectivity index (χ1n) is 7.13. The maximum absolute atomic E-state index is 12.4. The minimum absolute atomic E-state index is 0.321. The zero-order valence-electron chi connectivity index (χ0n) is 12.6. The Morgan fingerprint density at radius 1 is 1.22 bits per heavy atom. The van der Waals surface area contributed by atoms with Crippen LogP contribution in [0.15, 0.2) is 24.3 Å². The second-order valence-electron chi connectivity index (χ2n) is 5.05. The smallest absolute Gasteiger partial charge is 0.262 e. The number of anilines is 1. The summed E-state index contributed by atoms with van der Waals surface area (Å²) in [4.78, 5) is 38.0. The predicted molar refractivity (Wildman–Crippen MR) is 84.3 cm³/mol. The average Bonchev–Trinajstić information content (AvgIpc) is 3.11. The summed E-state index contributed by atoms with van der Waals surface area (Å²) in [7, 11) is 0.